The minimum Gasteiger partial charge on any atom is -0.493 e. The van der Waals surface area contributed by atoms with Crippen molar-refractivity contribution in [1.29, 1.82) is 0 Å². The zero-order valence-electron chi connectivity index (χ0n) is 15.5. The van der Waals surface area contributed by atoms with Gasteiger partial charge in [-0.3, -0.25) is 9.69 Å². The number of nitrogens with zero attached hydrogens (tertiary/aromatic N) is 2. The molecule has 1 heterocycles. The molecule has 7 heteroatoms. The first kappa shape index (κ1) is 20.2. The molecule has 0 spiro atoms. The van der Waals surface area contributed by atoms with Crippen LogP contribution < -0.4 is 9.47 Å². The summed E-state index contributed by atoms with van der Waals surface area (Å²) in [5.41, 5.74) is 1.61. The second-order valence-electron chi connectivity index (χ2n) is 5.78. The van der Waals surface area contributed by atoms with E-state index in [9.17, 15) is 4.79 Å². The van der Waals surface area contributed by atoms with Gasteiger partial charge in [0.15, 0.2) is 16.7 Å². The third-order valence-corrected chi connectivity index (χ3v) is 5.53. The number of methoxy groups -OCH3 is 2. The molecule has 0 unspecified atom stereocenters. The van der Waals surface area contributed by atoms with Crippen LogP contribution in [0.4, 0.5) is 5.69 Å². The van der Waals surface area contributed by atoms with Gasteiger partial charge >= 0.3 is 0 Å². The fourth-order valence-corrected chi connectivity index (χ4v) is 4.30. The van der Waals surface area contributed by atoms with Gasteiger partial charge in [0, 0.05) is 6.54 Å². The Morgan fingerprint density at radius 3 is 2.61 bits per heavy atom. The van der Waals surface area contributed by atoms with Crippen LogP contribution in [0.25, 0.3) is 6.08 Å². The summed E-state index contributed by atoms with van der Waals surface area (Å²) in [7, 11) is 3.16. The lowest BCUT2D eigenvalue weighted by Gasteiger charge is -2.12. The Morgan fingerprint density at radius 1 is 1.21 bits per heavy atom. The molecule has 5 nitrogen and oxygen atoms in total. The van der Waals surface area contributed by atoms with Gasteiger partial charge < -0.3 is 9.47 Å². The van der Waals surface area contributed by atoms with Gasteiger partial charge in [-0.05, 0) is 63.6 Å². The third kappa shape index (κ3) is 4.31. The van der Waals surface area contributed by atoms with Crippen molar-refractivity contribution in [3.8, 4) is 11.5 Å². The topological polar surface area (TPSA) is 51.1 Å². The van der Waals surface area contributed by atoms with Crippen LogP contribution in [-0.4, -0.2) is 36.7 Å². The summed E-state index contributed by atoms with van der Waals surface area (Å²) in [4.78, 5) is 19.7. The lowest BCUT2D eigenvalue weighted by atomic mass is 10.2. The number of amides is 1. The number of aliphatic imine (C=N–C) groups is 1. The summed E-state index contributed by atoms with van der Waals surface area (Å²) in [6, 6.07) is 13.3. The molecular formula is C21H19BrN2O3S. The second-order valence-corrected chi connectivity index (χ2v) is 7.65. The quantitative estimate of drug-likeness (QED) is 0.437. The Morgan fingerprint density at radius 2 is 1.96 bits per heavy atom. The van der Waals surface area contributed by atoms with Crippen molar-refractivity contribution >= 4 is 50.5 Å². The summed E-state index contributed by atoms with van der Waals surface area (Å²) in [5, 5.41) is 0.627. The molecule has 2 aromatic rings. The Kier molecular flexibility index (Phi) is 6.59. The molecule has 2 aromatic carbocycles. The van der Waals surface area contributed by atoms with Gasteiger partial charge in [-0.2, -0.15) is 0 Å². The van der Waals surface area contributed by atoms with Gasteiger partial charge in [0.2, 0.25) is 0 Å². The molecule has 1 aliphatic heterocycles. The molecule has 1 aliphatic rings. The first-order valence-corrected chi connectivity index (χ1v) is 10.1. The Bertz CT molecular complexity index is 958. The predicted molar refractivity (Wildman–Crippen MR) is 118 cm³/mol. The second kappa shape index (κ2) is 9.12. The number of amidine groups is 1. The van der Waals surface area contributed by atoms with E-state index < -0.39 is 0 Å². The summed E-state index contributed by atoms with van der Waals surface area (Å²) in [6.45, 7) is 4.14. The van der Waals surface area contributed by atoms with E-state index in [0.717, 1.165) is 15.7 Å². The van der Waals surface area contributed by atoms with Crippen LogP contribution in [0.5, 0.6) is 11.5 Å². The van der Waals surface area contributed by atoms with E-state index in [-0.39, 0.29) is 5.91 Å². The number of carbonyl (C=O) groups excluding carboxylic acids is 1. The molecule has 1 saturated heterocycles. The van der Waals surface area contributed by atoms with Crippen molar-refractivity contribution in [1.82, 2.24) is 4.90 Å². The van der Waals surface area contributed by atoms with E-state index in [1.165, 1.54) is 11.8 Å². The largest absolute Gasteiger partial charge is 0.493 e. The summed E-state index contributed by atoms with van der Waals surface area (Å²) < 4.78 is 11.5. The maximum absolute atomic E-state index is 12.9. The maximum Gasteiger partial charge on any atom is 0.267 e. The number of carbonyl (C=O) groups is 1. The number of thioether (sulfide) groups is 1. The molecule has 3 rings (SSSR count). The van der Waals surface area contributed by atoms with Crippen molar-refractivity contribution in [2.45, 2.75) is 0 Å². The van der Waals surface area contributed by atoms with E-state index in [0.29, 0.717) is 28.1 Å². The average Bonchev–Trinajstić information content (AvgIpc) is 2.97. The van der Waals surface area contributed by atoms with Crippen molar-refractivity contribution in [3.05, 3.63) is 70.1 Å². The van der Waals surface area contributed by atoms with E-state index in [2.05, 4.69) is 27.5 Å². The van der Waals surface area contributed by atoms with Crippen LogP contribution in [0.2, 0.25) is 0 Å². The highest BCUT2D eigenvalue weighted by Gasteiger charge is 2.32. The Labute approximate surface area is 176 Å². The van der Waals surface area contributed by atoms with E-state index >= 15 is 0 Å². The molecule has 1 fully saturated rings. The number of benzene rings is 2. The van der Waals surface area contributed by atoms with Crippen LogP contribution in [0.15, 0.2) is 69.5 Å². The monoisotopic (exact) mass is 458 g/mol. The van der Waals surface area contributed by atoms with Gasteiger partial charge in [-0.15, -0.1) is 6.58 Å². The molecular weight excluding hydrogens is 440 g/mol. The first-order chi connectivity index (χ1) is 13.6. The highest BCUT2D eigenvalue weighted by atomic mass is 79.9. The van der Waals surface area contributed by atoms with Crippen molar-refractivity contribution in [3.63, 3.8) is 0 Å². The van der Waals surface area contributed by atoms with E-state index in [1.807, 2.05) is 48.5 Å². The fourth-order valence-electron chi connectivity index (χ4n) is 2.67. The van der Waals surface area contributed by atoms with Gasteiger partial charge in [0.1, 0.15) is 0 Å². The first-order valence-electron chi connectivity index (χ1n) is 8.45. The molecule has 0 aliphatic carbocycles. The highest BCUT2D eigenvalue weighted by Crippen LogP contribution is 2.39. The van der Waals surface area contributed by atoms with Gasteiger partial charge in [0.05, 0.1) is 29.3 Å². The van der Waals surface area contributed by atoms with Crippen LogP contribution in [0, 0.1) is 0 Å². The van der Waals surface area contributed by atoms with Gasteiger partial charge in [-0.1, -0.05) is 24.3 Å². The molecule has 0 N–H and O–H groups in total. The highest BCUT2D eigenvalue weighted by molar-refractivity contribution is 9.10. The SMILES string of the molecule is C=CCN1C(=O)/C(=C\c2cc(Br)c(OC)c(OC)c2)SC1=Nc1ccccc1. The number of hydrogen-bond acceptors (Lipinski definition) is 5. The number of ether oxygens (including phenoxy) is 2. The average molecular weight is 459 g/mol. The lowest BCUT2D eigenvalue weighted by Crippen LogP contribution is -2.29. The molecule has 28 heavy (non-hydrogen) atoms. The smallest absolute Gasteiger partial charge is 0.267 e. The standard InChI is InChI=1S/C21H19BrN2O3S/c1-4-10-24-20(25)18(28-21(24)23-15-8-6-5-7-9-15)13-14-11-16(22)19(27-3)17(12-14)26-2/h4-9,11-13H,1,10H2,2-3H3/b18-13+,23-21?. The van der Waals surface area contributed by atoms with Crippen molar-refractivity contribution in [2.24, 2.45) is 4.99 Å². The predicted octanol–water partition coefficient (Wildman–Crippen LogP) is 5.26. The lowest BCUT2D eigenvalue weighted by molar-refractivity contribution is -0.121. The molecule has 0 atom stereocenters. The number of rotatable bonds is 6. The zero-order chi connectivity index (χ0) is 20.1. The minimum atomic E-state index is -0.106. The van der Waals surface area contributed by atoms with Crippen LogP contribution in [-0.2, 0) is 4.79 Å². The van der Waals surface area contributed by atoms with Gasteiger partial charge in [-0.25, -0.2) is 4.99 Å². The molecule has 0 aromatic heterocycles. The molecule has 0 bridgehead atoms. The number of para-hydroxylation sites is 1. The number of halogens is 1. The fraction of sp³-hybridized carbons (Fsp3) is 0.143. The Balaban J connectivity index is 1.98. The summed E-state index contributed by atoms with van der Waals surface area (Å²) in [6.07, 6.45) is 3.51. The van der Waals surface area contributed by atoms with Crippen LogP contribution in [0.1, 0.15) is 5.56 Å². The van der Waals surface area contributed by atoms with Gasteiger partial charge in [0.25, 0.3) is 5.91 Å². The van der Waals surface area contributed by atoms with Crippen LogP contribution in [0.3, 0.4) is 0 Å². The van der Waals surface area contributed by atoms with E-state index in [4.69, 9.17) is 9.47 Å². The molecule has 0 saturated carbocycles. The zero-order valence-corrected chi connectivity index (χ0v) is 17.9. The number of hydrogen-bond donors (Lipinski definition) is 0. The van der Waals surface area contributed by atoms with Crippen LogP contribution >= 0.6 is 27.7 Å². The third-order valence-electron chi connectivity index (χ3n) is 3.93. The molecule has 0 radical (unpaired) electrons. The van der Waals surface area contributed by atoms with Crippen molar-refractivity contribution < 1.29 is 14.3 Å². The van der Waals surface area contributed by atoms with E-state index in [1.54, 1.807) is 25.2 Å². The summed E-state index contributed by atoms with van der Waals surface area (Å²) in [5.74, 6) is 1.08. The molecule has 144 valence electrons. The maximum atomic E-state index is 12.9. The Hall–Kier alpha value is -2.51. The molecule has 1 amide bonds. The normalized spacial score (nSPS) is 16.7. The minimum absolute atomic E-state index is 0.106. The summed E-state index contributed by atoms with van der Waals surface area (Å²) >= 11 is 4.82. The van der Waals surface area contributed by atoms with Crippen molar-refractivity contribution in [2.75, 3.05) is 20.8 Å².